The molecule has 1 N–H and O–H groups in total. The quantitative estimate of drug-likeness (QED) is 0.936. The topological polar surface area (TPSA) is 72.8 Å². The maximum Gasteiger partial charge on any atom is 0.268 e. The van der Waals surface area contributed by atoms with E-state index < -0.39 is 0 Å². The van der Waals surface area contributed by atoms with E-state index in [0.29, 0.717) is 5.41 Å². The summed E-state index contributed by atoms with van der Waals surface area (Å²) in [6.07, 6.45) is 10.4. The molecule has 0 bridgehead atoms. The van der Waals surface area contributed by atoms with Gasteiger partial charge in [0.1, 0.15) is 11.6 Å². The van der Waals surface area contributed by atoms with Gasteiger partial charge in [-0.2, -0.15) is 5.26 Å². The summed E-state index contributed by atoms with van der Waals surface area (Å²) < 4.78 is 0. The van der Waals surface area contributed by atoms with E-state index in [0.717, 1.165) is 47.7 Å². The predicted molar refractivity (Wildman–Crippen MR) is 96.6 cm³/mol. The Morgan fingerprint density at radius 1 is 1.28 bits per heavy atom. The number of nitriles is 1. The van der Waals surface area contributed by atoms with Gasteiger partial charge >= 0.3 is 0 Å². The van der Waals surface area contributed by atoms with Crippen LogP contribution in [0.5, 0.6) is 0 Å². The van der Waals surface area contributed by atoms with E-state index in [1.165, 1.54) is 38.5 Å². The van der Waals surface area contributed by atoms with Crippen molar-refractivity contribution in [2.45, 2.75) is 44.9 Å². The van der Waals surface area contributed by atoms with Crippen molar-refractivity contribution < 1.29 is 0 Å². The molecular weight excluding hydrogens is 312 g/mol. The number of hydrogen-bond donors (Lipinski definition) is 1. The average Bonchev–Trinajstić information content (AvgIpc) is 3.54. The first-order valence-electron chi connectivity index (χ1n) is 9.37. The number of piperidine rings is 1. The predicted octanol–water partition coefficient (Wildman–Crippen LogP) is 3.13. The monoisotopic (exact) mass is 334 g/mol. The van der Waals surface area contributed by atoms with Crippen molar-refractivity contribution in [3.8, 4) is 6.07 Å². The molecule has 2 saturated carbocycles. The third kappa shape index (κ3) is 2.60. The van der Waals surface area contributed by atoms with Crippen LogP contribution in [0.25, 0.3) is 10.9 Å². The van der Waals surface area contributed by atoms with Crippen LogP contribution in [-0.4, -0.2) is 23.1 Å². The minimum atomic E-state index is -0.298. The number of rotatable bonds is 3. The second-order valence-electron chi connectivity index (χ2n) is 8.15. The second-order valence-corrected chi connectivity index (χ2v) is 8.15. The van der Waals surface area contributed by atoms with Gasteiger partial charge in [-0.05, 0) is 62.3 Å². The molecule has 2 aromatic rings. The van der Waals surface area contributed by atoms with Gasteiger partial charge in [0.25, 0.3) is 5.56 Å². The minimum absolute atomic E-state index is 0.253. The highest BCUT2D eigenvalue weighted by atomic mass is 16.1. The molecule has 0 amide bonds. The van der Waals surface area contributed by atoms with E-state index in [2.05, 4.69) is 27.0 Å². The first-order valence-corrected chi connectivity index (χ1v) is 9.37. The smallest absolute Gasteiger partial charge is 0.268 e. The number of nitrogens with one attached hydrogen (secondary N) is 1. The molecule has 3 fully saturated rings. The van der Waals surface area contributed by atoms with E-state index in [1.807, 2.05) is 0 Å². The van der Waals surface area contributed by atoms with Crippen LogP contribution >= 0.6 is 0 Å². The van der Waals surface area contributed by atoms with Gasteiger partial charge in [-0.1, -0.05) is 0 Å². The van der Waals surface area contributed by atoms with Gasteiger partial charge in [0.05, 0.1) is 17.4 Å². The van der Waals surface area contributed by atoms with Crippen LogP contribution < -0.4 is 10.5 Å². The molecule has 0 atom stereocenters. The molecule has 0 aromatic carbocycles. The Bertz CT molecular complexity index is 937. The highest BCUT2D eigenvalue weighted by Crippen LogP contribution is 2.54. The number of nitrogens with zero attached hydrogens (tertiary/aromatic N) is 3. The van der Waals surface area contributed by atoms with Crippen molar-refractivity contribution in [1.29, 1.82) is 5.26 Å². The van der Waals surface area contributed by atoms with Crippen molar-refractivity contribution >= 4 is 16.6 Å². The van der Waals surface area contributed by atoms with Gasteiger partial charge in [-0.25, -0.2) is 0 Å². The summed E-state index contributed by atoms with van der Waals surface area (Å²) in [6.45, 7) is 1.88. The summed E-state index contributed by atoms with van der Waals surface area (Å²) >= 11 is 0. The molecule has 1 spiro atoms. The largest absolute Gasteiger partial charge is 0.370 e. The van der Waals surface area contributed by atoms with Crippen LogP contribution in [0.2, 0.25) is 0 Å². The number of anilines is 1. The van der Waals surface area contributed by atoms with Crippen LogP contribution in [0, 0.1) is 22.7 Å². The molecule has 25 heavy (non-hydrogen) atoms. The highest BCUT2D eigenvalue weighted by molar-refractivity contribution is 5.94. The number of aromatic amines is 1. The number of pyridine rings is 2. The van der Waals surface area contributed by atoms with Crippen LogP contribution in [0.15, 0.2) is 17.1 Å². The van der Waals surface area contributed by atoms with E-state index in [1.54, 1.807) is 6.20 Å². The standard InChI is InChI=1S/C20H22N4O/c21-11-16-18(24-7-5-20(3-4-20)6-8-24)15-10-14(9-13-1-2-13)22-12-17(15)23-19(16)25/h10,12-13H,1-9H2,(H,23,25). The second kappa shape index (κ2) is 5.32. The Morgan fingerprint density at radius 3 is 2.68 bits per heavy atom. The Balaban J connectivity index is 1.62. The lowest BCUT2D eigenvalue weighted by Crippen LogP contribution is -2.36. The summed E-state index contributed by atoms with van der Waals surface area (Å²) in [4.78, 5) is 22.0. The first-order chi connectivity index (χ1) is 12.2. The third-order valence-electron chi connectivity index (χ3n) is 6.33. The summed E-state index contributed by atoms with van der Waals surface area (Å²) in [5.41, 5.74) is 3.17. The normalized spacial score (nSPS) is 21.5. The van der Waals surface area contributed by atoms with E-state index >= 15 is 0 Å². The average molecular weight is 334 g/mol. The zero-order valence-corrected chi connectivity index (χ0v) is 14.3. The molecule has 5 rings (SSSR count). The van der Waals surface area contributed by atoms with E-state index in [-0.39, 0.29) is 11.1 Å². The Kier molecular flexibility index (Phi) is 3.18. The Hall–Kier alpha value is -2.35. The maximum absolute atomic E-state index is 12.4. The molecule has 3 heterocycles. The lowest BCUT2D eigenvalue weighted by atomic mass is 9.92. The molecule has 3 aliphatic rings. The van der Waals surface area contributed by atoms with Gasteiger partial charge in [0, 0.05) is 24.2 Å². The molecule has 0 radical (unpaired) electrons. The fourth-order valence-electron chi connectivity index (χ4n) is 4.26. The zero-order valence-electron chi connectivity index (χ0n) is 14.3. The van der Waals surface area contributed by atoms with Gasteiger partial charge in [0.2, 0.25) is 0 Å². The molecular formula is C20H22N4O. The lowest BCUT2D eigenvalue weighted by molar-refractivity contribution is 0.385. The van der Waals surface area contributed by atoms with Gasteiger partial charge < -0.3 is 9.88 Å². The van der Waals surface area contributed by atoms with Crippen LogP contribution in [0.3, 0.4) is 0 Å². The van der Waals surface area contributed by atoms with E-state index in [4.69, 9.17) is 0 Å². The number of H-pyrrole nitrogens is 1. The van der Waals surface area contributed by atoms with Gasteiger partial charge in [-0.3, -0.25) is 9.78 Å². The highest BCUT2D eigenvalue weighted by Gasteiger charge is 2.44. The van der Waals surface area contributed by atoms with E-state index in [9.17, 15) is 10.1 Å². The fourth-order valence-corrected chi connectivity index (χ4v) is 4.26. The van der Waals surface area contributed by atoms with Crippen LogP contribution in [0.4, 0.5) is 5.69 Å². The van der Waals surface area contributed by atoms with Crippen LogP contribution in [0.1, 0.15) is 49.8 Å². The molecule has 5 heteroatoms. The number of hydrogen-bond acceptors (Lipinski definition) is 4. The van der Waals surface area contributed by atoms with Crippen molar-refractivity contribution in [1.82, 2.24) is 9.97 Å². The summed E-state index contributed by atoms with van der Waals surface area (Å²) in [5, 5.41) is 10.6. The van der Waals surface area contributed by atoms with Crippen molar-refractivity contribution in [3.63, 3.8) is 0 Å². The molecule has 128 valence electrons. The van der Waals surface area contributed by atoms with Crippen molar-refractivity contribution in [2.75, 3.05) is 18.0 Å². The zero-order chi connectivity index (χ0) is 17.0. The van der Waals surface area contributed by atoms with Crippen molar-refractivity contribution in [3.05, 3.63) is 33.9 Å². The molecule has 2 aliphatic carbocycles. The van der Waals surface area contributed by atoms with Crippen molar-refractivity contribution in [2.24, 2.45) is 11.3 Å². The fraction of sp³-hybridized carbons (Fsp3) is 0.550. The number of fused-ring (bicyclic) bond motifs is 1. The summed E-state index contributed by atoms with van der Waals surface area (Å²) in [6, 6.07) is 4.25. The molecule has 0 unspecified atom stereocenters. The Labute approximate surface area is 146 Å². The molecule has 1 aliphatic heterocycles. The summed E-state index contributed by atoms with van der Waals surface area (Å²) in [5.74, 6) is 0.760. The van der Waals surface area contributed by atoms with Crippen LogP contribution in [-0.2, 0) is 6.42 Å². The minimum Gasteiger partial charge on any atom is -0.370 e. The Morgan fingerprint density at radius 2 is 2.04 bits per heavy atom. The van der Waals surface area contributed by atoms with Gasteiger partial charge in [0.15, 0.2) is 0 Å². The number of aromatic nitrogens is 2. The third-order valence-corrected chi connectivity index (χ3v) is 6.33. The molecule has 5 nitrogen and oxygen atoms in total. The first kappa shape index (κ1) is 14.9. The SMILES string of the molecule is N#Cc1c(N2CCC3(CC2)CC3)c2cc(CC3CC3)ncc2[nH]c1=O. The molecule has 2 aromatic heterocycles. The lowest BCUT2D eigenvalue weighted by Gasteiger charge is -2.34. The maximum atomic E-state index is 12.4. The summed E-state index contributed by atoms with van der Waals surface area (Å²) in [7, 11) is 0. The van der Waals surface area contributed by atoms with Gasteiger partial charge in [-0.15, -0.1) is 0 Å². The molecule has 1 saturated heterocycles.